The van der Waals surface area contributed by atoms with Crippen molar-refractivity contribution in [1.82, 2.24) is 4.90 Å². The summed E-state index contributed by atoms with van der Waals surface area (Å²) in [7, 11) is 2.01. The summed E-state index contributed by atoms with van der Waals surface area (Å²) in [6.45, 7) is 1.75. The Balaban J connectivity index is 2.41. The molecule has 0 saturated carbocycles. The molecule has 1 heterocycles. The van der Waals surface area contributed by atoms with E-state index in [-0.39, 0.29) is 6.54 Å². The highest BCUT2D eigenvalue weighted by Crippen LogP contribution is 2.21. The lowest BCUT2D eigenvalue weighted by Crippen LogP contribution is -2.44. The van der Waals surface area contributed by atoms with Crippen molar-refractivity contribution in [2.24, 2.45) is 5.18 Å². The van der Waals surface area contributed by atoms with Crippen molar-refractivity contribution in [1.29, 1.82) is 0 Å². The zero-order valence-corrected chi connectivity index (χ0v) is 6.79. The zero-order valence-electron chi connectivity index (χ0n) is 6.79. The Morgan fingerprint density at radius 3 is 2.55 bits per heavy atom. The highest BCUT2D eigenvalue weighted by atomic mass is 16.3. The summed E-state index contributed by atoms with van der Waals surface area (Å²) >= 11 is 0. The minimum Gasteiger partial charge on any atom is -0.388 e. The molecule has 1 aliphatic heterocycles. The van der Waals surface area contributed by atoms with E-state index < -0.39 is 5.60 Å². The molecule has 4 heteroatoms. The van der Waals surface area contributed by atoms with Crippen LogP contribution in [0, 0.1) is 4.91 Å². The Hall–Kier alpha value is -0.480. The average Bonchev–Trinajstić information content (AvgIpc) is 1.97. The standard InChI is InChI=1S/C7H14N2O2/c1-9-4-2-7(10,3-5-9)6-8-11/h10H,2-6H2,1H3. The second-order valence-corrected chi connectivity index (χ2v) is 3.31. The number of likely N-dealkylation sites (tertiary alicyclic amines) is 1. The van der Waals surface area contributed by atoms with Crippen LogP contribution in [0.15, 0.2) is 5.18 Å². The van der Waals surface area contributed by atoms with E-state index in [9.17, 15) is 10.0 Å². The number of nitrogens with zero attached hydrogens (tertiary/aromatic N) is 2. The largest absolute Gasteiger partial charge is 0.388 e. The van der Waals surface area contributed by atoms with Gasteiger partial charge < -0.3 is 10.0 Å². The van der Waals surface area contributed by atoms with E-state index in [2.05, 4.69) is 10.1 Å². The Morgan fingerprint density at radius 2 is 2.09 bits per heavy atom. The first kappa shape index (κ1) is 8.62. The van der Waals surface area contributed by atoms with Gasteiger partial charge in [0.25, 0.3) is 0 Å². The van der Waals surface area contributed by atoms with Crippen LogP contribution >= 0.6 is 0 Å². The van der Waals surface area contributed by atoms with Crippen LogP contribution in [0.5, 0.6) is 0 Å². The molecule has 0 bridgehead atoms. The van der Waals surface area contributed by atoms with Gasteiger partial charge in [0.2, 0.25) is 0 Å². The number of nitroso groups, excluding NO2 is 1. The molecule has 0 aliphatic carbocycles. The molecule has 0 aromatic rings. The highest BCUT2D eigenvalue weighted by Gasteiger charge is 2.31. The molecule has 0 spiro atoms. The molecule has 0 amide bonds. The summed E-state index contributed by atoms with van der Waals surface area (Å²) in [6, 6.07) is 0. The fourth-order valence-corrected chi connectivity index (χ4v) is 1.31. The molecule has 1 rings (SSSR count). The van der Waals surface area contributed by atoms with E-state index in [1.54, 1.807) is 0 Å². The van der Waals surface area contributed by atoms with Crippen LogP contribution in [0.2, 0.25) is 0 Å². The summed E-state index contributed by atoms with van der Waals surface area (Å²) in [5.74, 6) is 0. The van der Waals surface area contributed by atoms with Crippen LogP contribution < -0.4 is 0 Å². The van der Waals surface area contributed by atoms with Crippen molar-refractivity contribution < 1.29 is 5.11 Å². The molecule has 0 aromatic heterocycles. The fraction of sp³-hybridized carbons (Fsp3) is 1.00. The van der Waals surface area contributed by atoms with Gasteiger partial charge in [-0.25, -0.2) is 0 Å². The van der Waals surface area contributed by atoms with E-state index in [1.165, 1.54) is 0 Å². The predicted molar refractivity (Wildman–Crippen MR) is 42.3 cm³/mol. The molecule has 4 nitrogen and oxygen atoms in total. The first-order valence-electron chi connectivity index (χ1n) is 3.86. The van der Waals surface area contributed by atoms with E-state index in [0.29, 0.717) is 12.8 Å². The Bertz CT molecular complexity index is 141. The third kappa shape index (κ3) is 2.24. The van der Waals surface area contributed by atoms with Gasteiger partial charge in [0.15, 0.2) is 0 Å². The maximum absolute atomic E-state index is 9.94. The third-order valence-electron chi connectivity index (χ3n) is 2.28. The predicted octanol–water partition coefficient (Wildman–Crippen LogP) is 0.210. The van der Waals surface area contributed by atoms with Crippen molar-refractivity contribution in [3.05, 3.63) is 4.91 Å². The Labute approximate surface area is 66.2 Å². The quantitative estimate of drug-likeness (QED) is 0.584. The Kier molecular flexibility index (Phi) is 2.57. The molecule has 0 atom stereocenters. The zero-order chi connectivity index (χ0) is 8.32. The van der Waals surface area contributed by atoms with Gasteiger partial charge in [-0.1, -0.05) is 5.18 Å². The first-order valence-corrected chi connectivity index (χ1v) is 3.86. The average molecular weight is 158 g/mol. The SMILES string of the molecule is CN1CCC(O)(CN=O)CC1. The second kappa shape index (κ2) is 3.28. The molecule has 1 aliphatic rings. The molecule has 0 radical (unpaired) electrons. The van der Waals surface area contributed by atoms with Crippen molar-refractivity contribution >= 4 is 0 Å². The van der Waals surface area contributed by atoms with Gasteiger partial charge >= 0.3 is 0 Å². The number of piperidine rings is 1. The first-order chi connectivity index (χ1) is 5.16. The summed E-state index contributed by atoms with van der Waals surface area (Å²) in [6.07, 6.45) is 1.32. The van der Waals surface area contributed by atoms with Crippen LogP contribution in [0.25, 0.3) is 0 Å². The van der Waals surface area contributed by atoms with Gasteiger partial charge in [0.1, 0.15) is 6.54 Å². The summed E-state index contributed by atoms with van der Waals surface area (Å²) in [5, 5.41) is 12.4. The summed E-state index contributed by atoms with van der Waals surface area (Å²) in [5.41, 5.74) is -0.811. The smallest absolute Gasteiger partial charge is 0.110 e. The molecular weight excluding hydrogens is 144 g/mol. The lowest BCUT2D eigenvalue weighted by molar-refractivity contribution is -0.00732. The van der Waals surface area contributed by atoms with Gasteiger partial charge in [0, 0.05) is 13.1 Å². The van der Waals surface area contributed by atoms with Crippen LogP contribution in [-0.4, -0.2) is 42.3 Å². The van der Waals surface area contributed by atoms with Crippen molar-refractivity contribution in [2.45, 2.75) is 18.4 Å². The fourth-order valence-electron chi connectivity index (χ4n) is 1.31. The third-order valence-corrected chi connectivity index (χ3v) is 2.28. The summed E-state index contributed by atoms with van der Waals surface area (Å²) < 4.78 is 0. The van der Waals surface area contributed by atoms with Crippen molar-refractivity contribution in [2.75, 3.05) is 26.7 Å². The number of hydrogen-bond donors (Lipinski definition) is 1. The Morgan fingerprint density at radius 1 is 1.55 bits per heavy atom. The molecule has 64 valence electrons. The van der Waals surface area contributed by atoms with Gasteiger partial charge in [-0.2, -0.15) is 4.91 Å². The van der Waals surface area contributed by atoms with Crippen molar-refractivity contribution in [3.63, 3.8) is 0 Å². The lowest BCUT2D eigenvalue weighted by Gasteiger charge is -2.34. The topological polar surface area (TPSA) is 52.9 Å². The number of hydrogen-bond acceptors (Lipinski definition) is 4. The van der Waals surface area contributed by atoms with Crippen LogP contribution in [-0.2, 0) is 0 Å². The maximum Gasteiger partial charge on any atom is 0.110 e. The van der Waals surface area contributed by atoms with Crippen LogP contribution in [0.1, 0.15) is 12.8 Å². The minimum atomic E-state index is -0.811. The van der Waals surface area contributed by atoms with Crippen LogP contribution in [0.3, 0.4) is 0 Å². The number of aliphatic hydroxyl groups is 1. The molecule has 0 aromatic carbocycles. The molecular formula is C7H14N2O2. The van der Waals surface area contributed by atoms with E-state index in [4.69, 9.17) is 0 Å². The minimum absolute atomic E-state index is 0.0425. The van der Waals surface area contributed by atoms with Crippen molar-refractivity contribution in [3.8, 4) is 0 Å². The van der Waals surface area contributed by atoms with Gasteiger partial charge in [-0.05, 0) is 19.9 Å². The summed E-state index contributed by atoms with van der Waals surface area (Å²) in [4.78, 5) is 12.1. The molecule has 11 heavy (non-hydrogen) atoms. The van der Waals surface area contributed by atoms with E-state index in [1.807, 2.05) is 7.05 Å². The molecule has 1 N–H and O–H groups in total. The second-order valence-electron chi connectivity index (χ2n) is 3.31. The molecule has 0 unspecified atom stereocenters. The normalized spacial score (nSPS) is 24.9. The number of rotatable bonds is 2. The highest BCUT2D eigenvalue weighted by molar-refractivity contribution is 4.86. The molecule has 1 saturated heterocycles. The van der Waals surface area contributed by atoms with Gasteiger partial charge in [-0.15, -0.1) is 0 Å². The monoisotopic (exact) mass is 158 g/mol. The molecule has 1 fully saturated rings. The van der Waals surface area contributed by atoms with Gasteiger partial charge in [-0.3, -0.25) is 0 Å². The van der Waals surface area contributed by atoms with E-state index >= 15 is 0 Å². The van der Waals surface area contributed by atoms with E-state index in [0.717, 1.165) is 13.1 Å². The van der Waals surface area contributed by atoms with Gasteiger partial charge in [0.05, 0.1) is 5.60 Å². The lowest BCUT2D eigenvalue weighted by atomic mass is 9.92. The van der Waals surface area contributed by atoms with Crippen LogP contribution in [0.4, 0.5) is 0 Å². The maximum atomic E-state index is 9.94.